The van der Waals surface area contributed by atoms with Crippen molar-refractivity contribution in [3.8, 4) is 5.75 Å². The van der Waals surface area contributed by atoms with Gasteiger partial charge in [0.05, 0.1) is 17.7 Å². The van der Waals surface area contributed by atoms with Crippen molar-refractivity contribution in [1.82, 2.24) is 8.87 Å². The molecule has 1 fully saturated rings. The van der Waals surface area contributed by atoms with Crippen LogP contribution in [0.5, 0.6) is 5.75 Å². The number of ether oxygens (including phenoxy) is 1. The number of anilines is 1. The lowest BCUT2D eigenvalue weighted by atomic mass is 10.2. The van der Waals surface area contributed by atoms with Crippen LogP contribution >= 0.6 is 0 Å². The first-order chi connectivity index (χ1) is 15.0. The zero-order valence-electron chi connectivity index (χ0n) is 17.2. The molecule has 1 aromatic carbocycles. The normalized spacial score (nSPS) is 15.4. The van der Waals surface area contributed by atoms with E-state index in [1.807, 2.05) is 0 Å². The Hall–Kier alpha value is -2.86. The maximum Gasteiger partial charge on any atom is 0.421 e. The van der Waals surface area contributed by atoms with Crippen LogP contribution in [-0.4, -0.2) is 43.4 Å². The second-order valence-corrected chi connectivity index (χ2v) is 9.17. The van der Waals surface area contributed by atoms with Crippen LogP contribution in [0.3, 0.4) is 0 Å². The summed E-state index contributed by atoms with van der Waals surface area (Å²) in [5, 5.41) is 2.42. The van der Waals surface area contributed by atoms with Crippen molar-refractivity contribution in [2.75, 3.05) is 25.5 Å². The molecule has 32 heavy (non-hydrogen) atoms. The number of methoxy groups -OCH3 is 1. The summed E-state index contributed by atoms with van der Waals surface area (Å²) in [5.41, 5.74) is -2.72. The highest BCUT2D eigenvalue weighted by Gasteiger charge is 2.34. The monoisotopic (exact) mass is 473 g/mol. The number of hydrogen-bond donors (Lipinski definition) is 1. The Morgan fingerprint density at radius 2 is 1.84 bits per heavy atom. The first-order valence-corrected chi connectivity index (χ1v) is 11.2. The Morgan fingerprint density at radius 3 is 2.47 bits per heavy atom. The molecule has 1 N–H and O–H groups in total. The van der Waals surface area contributed by atoms with Crippen molar-refractivity contribution in [2.24, 2.45) is 0 Å². The Morgan fingerprint density at radius 1 is 1.16 bits per heavy atom. The molecule has 1 aromatic heterocycles. The summed E-state index contributed by atoms with van der Waals surface area (Å²) < 4.78 is 71.8. The highest BCUT2D eigenvalue weighted by Crippen LogP contribution is 2.30. The molecule has 0 aliphatic carbocycles. The van der Waals surface area contributed by atoms with E-state index >= 15 is 0 Å². The third-order valence-corrected chi connectivity index (χ3v) is 6.93. The number of nitrogens with zero attached hydrogens (tertiary/aromatic N) is 2. The Kier molecular flexibility index (Phi) is 6.94. The Bertz CT molecular complexity index is 1160. The third kappa shape index (κ3) is 5.13. The van der Waals surface area contributed by atoms with Gasteiger partial charge in [-0.1, -0.05) is 6.42 Å². The van der Waals surface area contributed by atoms with Crippen LogP contribution in [0.2, 0.25) is 0 Å². The number of halogens is 3. The first kappa shape index (κ1) is 23.8. The number of aromatic nitrogens is 1. The van der Waals surface area contributed by atoms with E-state index in [1.165, 1.54) is 29.6 Å². The molecular weight excluding hydrogens is 451 g/mol. The quantitative estimate of drug-likeness (QED) is 0.696. The first-order valence-electron chi connectivity index (χ1n) is 9.79. The summed E-state index contributed by atoms with van der Waals surface area (Å²) >= 11 is 0. The lowest BCUT2D eigenvalue weighted by Gasteiger charge is -2.26. The van der Waals surface area contributed by atoms with Gasteiger partial charge in [0.2, 0.25) is 15.9 Å². The molecule has 1 aliphatic heterocycles. The average molecular weight is 473 g/mol. The topological polar surface area (TPSA) is 97.7 Å². The van der Waals surface area contributed by atoms with Gasteiger partial charge in [-0.2, -0.15) is 17.5 Å². The van der Waals surface area contributed by atoms with E-state index in [9.17, 15) is 31.2 Å². The zero-order chi connectivity index (χ0) is 23.5. The summed E-state index contributed by atoms with van der Waals surface area (Å²) in [6.07, 6.45) is -1.33. The van der Waals surface area contributed by atoms with Crippen LogP contribution in [0, 0.1) is 0 Å². The van der Waals surface area contributed by atoms with Gasteiger partial charge >= 0.3 is 6.18 Å². The number of rotatable bonds is 6. The number of alkyl halides is 3. The van der Waals surface area contributed by atoms with Gasteiger partial charge in [0.15, 0.2) is 0 Å². The number of benzene rings is 1. The minimum Gasteiger partial charge on any atom is -0.495 e. The molecule has 1 amide bonds. The summed E-state index contributed by atoms with van der Waals surface area (Å²) in [5.74, 6) is -0.662. The van der Waals surface area contributed by atoms with Gasteiger partial charge in [-0.3, -0.25) is 9.59 Å². The second-order valence-electron chi connectivity index (χ2n) is 7.23. The molecule has 8 nitrogen and oxygen atoms in total. The largest absolute Gasteiger partial charge is 0.495 e. The molecule has 0 spiro atoms. The SMILES string of the molecule is COc1ccc(S(=O)(=O)N2CCCCC2)cc1NC(=O)Cn1cccc(C(F)(F)F)c1=O. The smallest absolute Gasteiger partial charge is 0.421 e. The number of sulfonamides is 1. The summed E-state index contributed by atoms with van der Waals surface area (Å²) in [7, 11) is -2.47. The van der Waals surface area contributed by atoms with Crippen LogP contribution in [-0.2, 0) is 27.5 Å². The molecule has 0 atom stereocenters. The lowest BCUT2D eigenvalue weighted by molar-refractivity contribution is -0.139. The fraction of sp³-hybridized carbons (Fsp3) is 0.400. The maximum absolute atomic E-state index is 12.9. The molecule has 0 bridgehead atoms. The van der Waals surface area contributed by atoms with Crippen molar-refractivity contribution < 1.29 is 31.1 Å². The predicted molar refractivity (Wildman–Crippen MR) is 110 cm³/mol. The molecule has 0 radical (unpaired) electrons. The maximum atomic E-state index is 12.9. The van der Waals surface area contributed by atoms with Crippen molar-refractivity contribution in [2.45, 2.75) is 36.9 Å². The number of nitrogens with one attached hydrogen (secondary N) is 1. The van der Waals surface area contributed by atoms with E-state index in [2.05, 4.69) is 5.32 Å². The fourth-order valence-corrected chi connectivity index (χ4v) is 4.96. The van der Waals surface area contributed by atoms with Crippen LogP contribution in [0.15, 0.2) is 46.2 Å². The highest BCUT2D eigenvalue weighted by atomic mass is 32.2. The van der Waals surface area contributed by atoms with Gasteiger partial charge < -0.3 is 14.6 Å². The molecule has 12 heteroatoms. The predicted octanol–water partition coefficient (Wildman–Crippen LogP) is 2.69. The van der Waals surface area contributed by atoms with Crippen molar-refractivity contribution in [3.63, 3.8) is 0 Å². The number of hydrogen-bond acceptors (Lipinski definition) is 5. The molecule has 2 aromatic rings. The van der Waals surface area contributed by atoms with Crippen LogP contribution in [0.4, 0.5) is 18.9 Å². The van der Waals surface area contributed by atoms with Gasteiger partial charge in [0, 0.05) is 19.3 Å². The van der Waals surface area contributed by atoms with E-state index in [1.54, 1.807) is 0 Å². The zero-order valence-corrected chi connectivity index (χ0v) is 18.0. The molecular formula is C20H22F3N3O5S. The fourth-order valence-electron chi connectivity index (χ4n) is 3.42. The minimum absolute atomic E-state index is 0.0237. The van der Waals surface area contributed by atoms with E-state index < -0.39 is 39.8 Å². The van der Waals surface area contributed by atoms with Crippen molar-refractivity contribution >= 4 is 21.6 Å². The Balaban J connectivity index is 1.85. The van der Waals surface area contributed by atoms with E-state index in [-0.39, 0.29) is 16.3 Å². The molecule has 0 unspecified atom stereocenters. The third-order valence-electron chi connectivity index (χ3n) is 5.04. The number of carbonyl (C=O) groups is 1. The van der Waals surface area contributed by atoms with Gasteiger partial charge in [-0.25, -0.2) is 8.42 Å². The van der Waals surface area contributed by atoms with Crippen molar-refractivity contribution in [3.05, 3.63) is 52.4 Å². The Labute approximate surface area is 182 Å². The van der Waals surface area contributed by atoms with Gasteiger partial charge in [-0.05, 0) is 43.2 Å². The van der Waals surface area contributed by atoms with Crippen LogP contribution in [0.1, 0.15) is 24.8 Å². The molecule has 1 aliphatic rings. The van der Waals surface area contributed by atoms with Gasteiger partial charge in [0.25, 0.3) is 5.56 Å². The van der Waals surface area contributed by atoms with Gasteiger partial charge in [-0.15, -0.1) is 0 Å². The number of amides is 1. The van der Waals surface area contributed by atoms with Crippen LogP contribution < -0.4 is 15.6 Å². The van der Waals surface area contributed by atoms with E-state index in [0.717, 1.165) is 31.5 Å². The van der Waals surface area contributed by atoms with Crippen LogP contribution in [0.25, 0.3) is 0 Å². The molecule has 2 heterocycles. The molecule has 0 saturated carbocycles. The lowest BCUT2D eigenvalue weighted by Crippen LogP contribution is -2.35. The summed E-state index contributed by atoms with van der Waals surface area (Å²) in [6, 6.07) is 5.62. The second kappa shape index (κ2) is 9.33. The van der Waals surface area contributed by atoms with E-state index in [4.69, 9.17) is 4.74 Å². The van der Waals surface area contributed by atoms with Crippen molar-refractivity contribution in [1.29, 1.82) is 0 Å². The minimum atomic E-state index is -4.85. The molecule has 174 valence electrons. The molecule has 1 saturated heterocycles. The van der Waals surface area contributed by atoms with Gasteiger partial charge in [0.1, 0.15) is 17.9 Å². The number of pyridine rings is 1. The molecule has 3 rings (SSSR count). The number of piperidine rings is 1. The standard InChI is InChI=1S/C20H22F3N3O5S/c1-31-17-8-7-14(32(29,30)26-10-3-2-4-11-26)12-16(17)24-18(27)13-25-9-5-6-15(19(25)28)20(21,22)23/h5-9,12H,2-4,10-11,13H2,1H3,(H,24,27). The number of carbonyl (C=O) groups excluding carboxylic acids is 1. The highest BCUT2D eigenvalue weighted by molar-refractivity contribution is 7.89. The van der Waals surface area contributed by atoms with E-state index in [0.29, 0.717) is 23.7 Å². The average Bonchev–Trinajstić information content (AvgIpc) is 2.75. The summed E-state index contributed by atoms with van der Waals surface area (Å²) in [6.45, 7) is 0.0953. The summed E-state index contributed by atoms with van der Waals surface area (Å²) in [4.78, 5) is 24.4.